The molecule has 1 aliphatic rings. The van der Waals surface area contributed by atoms with E-state index in [1.807, 2.05) is 0 Å². The van der Waals surface area contributed by atoms with Crippen molar-refractivity contribution in [3.63, 3.8) is 0 Å². The first-order valence-corrected chi connectivity index (χ1v) is 4.02. The van der Waals surface area contributed by atoms with Crippen LogP contribution in [0.3, 0.4) is 0 Å². The molecule has 1 amide bonds. The lowest BCUT2D eigenvalue weighted by Crippen LogP contribution is -2.21. The second kappa shape index (κ2) is 3.22. The average Bonchev–Trinajstić information content (AvgIpc) is 2.15. The van der Waals surface area contributed by atoms with E-state index in [-0.39, 0.29) is 0 Å². The maximum absolute atomic E-state index is 11.7. The van der Waals surface area contributed by atoms with E-state index in [0.717, 1.165) is 0 Å². The SMILES string of the molecule is O=C1NC(SC(F)(F)F)=C(Cl)C1=O. The van der Waals surface area contributed by atoms with Crippen LogP contribution in [0.25, 0.3) is 0 Å². The number of nitrogens with one attached hydrogen (secondary N) is 1. The topological polar surface area (TPSA) is 46.2 Å². The summed E-state index contributed by atoms with van der Waals surface area (Å²) in [6.07, 6.45) is 0. The van der Waals surface area contributed by atoms with Crippen LogP contribution < -0.4 is 5.32 Å². The third kappa shape index (κ3) is 2.38. The van der Waals surface area contributed by atoms with E-state index < -0.39 is 39.0 Å². The number of carbonyl (C=O) groups is 2. The highest BCUT2D eigenvalue weighted by Gasteiger charge is 2.38. The molecule has 0 atom stereocenters. The van der Waals surface area contributed by atoms with Crippen LogP contribution in [0, 0.1) is 0 Å². The van der Waals surface area contributed by atoms with E-state index in [0.29, 0.717) is 0 Å². The molecule has 0 saturated heterocycles. The first-order valence-electron chi connectivity index (χ1n) is 2.82. The van der Waals surface area contributed by atoms with E-state index >= 15 is 0 Å². The zero-order valence-corrected chi connectivity index (χ0v) is 7.31. The Morgan fingerprint density at radius 3 is 2.15 bits per heavy atom. The zero-order valence-electron chi connectivity index (χ0n) is 5.74. The lowest BCUT2D eigenvalue weighted by Gasteiger charge is -2.05. The first-order chi connectivity index (χ1) is 5.81. The van der Waals surface area contributed by atoms with E-state index in [4.69, 9.17) is 11.6 Å². The standard InChI is InChI=1S/C5HClF3NO2S/c6-1-2(11)3(12)10-4(1)13-5(7,8)9/h(H,10,11,12). The van der Waals surface area contributed by atoms with Gasteiger partial charge in [-0.1, -0.05) is 11.6 Å². The fourth-order valence-corrected chi connectivity index (χ4v) is 1.41. The van der Waals surface area contributed by atoms with Crippen molar-refractivity contribution in [1.29, 1.82) is 0 Å². The Hall–Kier alpha value is -0.690. The van der Waals surface area contributed by atoms with Crippen molar-refractivity contribution < 1.29 is 22.8 Å². The van der Waals surface area contributed by atoms with Gasteiger partial charge in [0.05, 0.1) is 0 Å². The fourth-order valence-electron chi connectivity index (χ4n) is 0.604. The summed E-state index contributed by atoms with van der Waals surface area (Å²) in [7, 11) is 0. The molecule has 0 aliphatic carbocycles. The van der Waals surface area contributed by atoms with Crippen molar-refractivity contribution in [2.75, 3.05) is 0 Å². The highest BCUT2D eigenvalue weighted by molar-refractivity contribution is 8.04. The molecule has 0 aromatic carbocycles. The molecule has 1 rings (SSSR count). The predicted molar refractivity (Wildman–Crippen MR) is 39.7 cm³/mol. The van der Waals surface area contributed by atoms with Gasteiger partial charge in [-0.2, -0.15) is 13.2 Å². The minimum atomic E-state index is -4.58. The Labute approximate surface area is 79.3 Å². The molecule has 0 fully saturated rings. The number of halogens is 4. The number of rotatable bonds is 1. The summed E-state index contributed by atoms with van der Waals surface area (Å²) in [5, 5.41) is 0.334. The van der Waals surface area contributed by atoms with E-state index in [1.54, 1.807) is 5.32 Å². The molecular weight excluding hydrogens is 231 g/mol. The summed E-state index contributed by atoms with van der Waals surface area (Å²) < 4.78 is 35.2. The van der Waals surface area contributed by atoms with Crippen LogP contribution in [-0.4, -0.2) is 17.2 Å². The number of alkyl halides is 3. The van der Waals surface area contributed by atoms with Crippen LogP contribution in [0.5, 0.6) is 0 Å². The van der Waals surface area contributed by atoms with Crippen molar-refractivity contribution in [2.45, 2.75) is 5.51 Å². The fraction of sp³-hybridized carbons (Fsp3) is 0.200. The van der Waals surface area contributed by atoms with Gasteiger partial charge in [-0.3, -0.25) is 9.59 Å². The van der Waals surface area contributed by atoms with Gasteiger partial charge in [-0.15, -0.1) is 0 Å². The van der Waals surface area contributed by atoms with Crippen molar-refractivity contribution >= 4 is 35.1 Å². The monoisotopic (exact) mass is 231 g/mol. The molecule has 1 N–H and O–H groups in total. The van der Waals surface area contributed by atoms with Crippen molar-refractivity contribution in [3.8, 4) is 0 Å². The van der Waals surface area contributed by atoms with Gasteiger partial charge in [0, 0.05) is 11.8 Å². The quantitative estimate of drug-likeness (QED) is 0.693. The van der Waals surface area contributed by atoms with Crippen LogP contribution in [-0.2, 0) is 9.59 Å². The molecule has 1 heterocycles. The number of carbonyl (C=O) groups excluding carboxylic acids is 2. The van der Waals surface area contributed by atoms with Crippen LogP contribution in [0.4, 0.5) is 13.2 Å². The molecule has 13 heavy (non-hydrogen) atoms. The molecule has 3 nitrogen and oxygen atoms in total. The molecule has 0 saturated carbocycles. The predicted octanol–water partition coefficient (Wildman–Crippen LogP) is 1.35. The number of thioether (sulfide) groups is 1. The van der Waals surface area contributed by atoms with Crippen molar-refractivity contribution in [1.82, 2.24) is 5.32 Å². The highest BCUT2D eigenvalue weighted by atomic mass is 35.5. The smallest absolute Gasteiger partial charge is 0.312 e. The van der Waals surface area contributed by atoms with E-state index in [9.17, 15) is 22.8 Å². The van der Waals surface area contributed by atoms with Gasteiger partial charge in [0.2, 0.25) is 0 Å². The number of ketones is 1. The van der Waals surface area contributed by atoms with Crippen LogP contribution in [0.15, 0.2) is 10.1 Å². The summed E-state index contributed by atoms with van der Waals surface area (Å²) in [5.74, 6) is -2.29. The largest absolute Gasteiger partial charge is 0.447 e. The minimum Gasteiger partial charge on any atom is -0.312 e. The molecule has 0 aromatic heterocycles. The summed E-state index contributed by atoms with van der Waals surface area (Å²) >= 11 is 4.53. The molecule has 1 aliphatic heterocycles. The van der Waals surface area contributed by atoms with Gasteiger partial charge in [-0.05, 0) is 0 Å². The maximum atomic E-state index is 11.7. The zero-order chi connectivity index (χ0) is 10.2. The number of hydrogen-bond donors (Lipinski definition) is 1. The summed E-state index contributed by atoms with van der Waals surface area (Å²) in [6, 6.07) is 0. The van der Waals surface area contributed by atoms with Gasteiger partial charge in [0.15, 0.2) is 0 Å². The molecule has 0 unspecified atom stereocenters. The molecule has 0 radical (unpaired) electrons. The maximum Gasteiger partial charge on any atom is 0.447 e. The first kappa shape index (κ1) is 10.4. The summed E-state index contributed by atoms with van der Waals surface area (Å²) in [6.45, 7) is 0. The van der Waals surface area contributed by atoms with Gasteiger partial charge in [0.25, 0.3) is 11.7 Å². The third-order valence-corrected chi connectivity index (χ3v) is 2.26. The second-order valence-corrected chi connectivity index (χ2v) is 3.43. The highest BCUT2D eigenvalue weighted by Crippen LogP contribution is 2.38. The van der Waals surface area contributed by atoms with E-state index in [1.165, 1.54) is 0 Å². The molecule has 0 bridgehead atoms. The molecule has 72 valence electrons. The Bertz CT molecular complexity index is 311. The third-order valence-electron chi connectivity index (χ3n) is 1.05. The van der Waals surface area contributed by atoms with Crippen LogP contribution in [0.2, 0.25) is 0 Å². The van der Waals surface area contributed by atoms with Gasteiger partial charge in [0.1, 0.15) is 10.1 Å². The Morgan fingerprint density at radius 2 is 1.85 bits per heavy atom. The van der Waals surface area contributed by atoms with Gasteiger partial charge in [-0.25, -0.2) is 0 Å². The van der Waals surface area contributed by atoms with Crippen molar-refractivity contribution in [2.24, 2.45) is 0 Å². The Balaban J connectivity index is 2.83. The van der Waals surface area contributed by atoms with Crippen LogP contribution in [0.1, 0.15) is 0 Å². The number of hydrogen-bond acceptors (Lipinski definition) is 3. The number of Topliss-reactive ketones (excluding diaryl/α,β-unsaturated/α-hetero) is 1. The normalized spacial score (nSPS) is 18.2. The number of amides is 1. The molecule has 0 spiro atoms. The summed E-state index contributed by atoms with van der Waals surface area (Å²) in [5.41, 5.74) is -4.58. The van der Waals surface area contributed by atoms with E-state index in [2.05, 4.69) is 0 Å². The molecule has 8 heteroatoms. The van der Waals surface area contributed by atoms with Gasteiger partial charge >= 0.3 is 5.51 Å². The second-order valence-electron chi connectivity index (χ2n) is 1.97. The summed E-state index contributed by atoms with van der Waals surface area (Å²) in [4.78, 5) is 21.1. The van der Waals surface area contributed by atoms with Gasteiger partial charge < -0.3 is 5.32 Å². The average molecular weight is 232 g/mol. The Kier molecular flexibility index (Phi) is 2.58. The van der Waals surface area contributed by atoms with Crippen LogP contribution >= 0.6 is 23.4 Å². The Morgan fingerprint density at radius 1 is 1.31 bits per heavy atom. The molecular formula is C5HClF3NO2S. The lowest BCUT2D eigenvalue weighted by atomic mass is 10.4. The molecule has 0 aromatic rings. The van der Waals surface area contributed by atoms with Crippen molar-refractivity contribution in [3.05, 3.63) is 10.1 Å². The minimum absolute atomic E-state index is 0.625. The lowest BCUT2D eigenvalue weighted by molar-refractivity contribution is -0.133.